The maximum absolute atomic E-state index is 11.6. The Hall–Kier alpha value is -3.15. The van der Waals surface area contributed by atoms with Crippen molar-refractivity contribution in [1.29, 1.82) is 0 Å². The summed E-state index contributed by atoms with van der Waals surface area (Å²) in [7, 11) is 0. The fourth-order valence-corrected chi connectivity index (χ4v) is 2.65. The van der Waals surface area contributed by atoms with Crippen molar-refractivity contribution in [2.75, 3.05) is 0 Å². The zero-order valence-electron chi connectivity index (χ0n) is 10.6. The van der Waals surface area contributed by atoms with E-state index in [0.29, 0.717) is 27.4 Å². The number of benzene rings is 2. The molecule has 0 radical (unpaired) electrons. The van der Waals surface area contributed by atoms with E-state index in [2.05, 4.69) is 9.97 Å². The Morgan fingerprint density at radius 1 is 1.29 bits per heavy atom. The van der Waals surface area contributed by atoms with Gasteiger partial charge in [-0.1, -0.05) is 6.07 Å². The minimum atomic E-state index is -1.07. The van der Waals surface area contributed by atoms with E-state index < -0.39 is 11.7 Å². The Morgan fingerprint density at radius 3 is 2.95 bits per heavy atom. The zero-order valence-corrected chi connectivity index (χ0v) is 10.6. The molecule has 0 unspecified atom stereocenters. The van der Waals surface area contributed by atoms with Gasteiger partial charge in [-0.3, -0.25) is 9.97 Å². The molecule has 2 heterocycles. The number of pyridine rings is 1. The summed E-state index contributed by atoms with van der Waals surface area (Å²) in [5, 5.41) is 11.3. The number of carboxylic acid groups (broad SMARTS) is 1. The molecule has 0 aliphatic carbocycles. The van der Waals surface area contributed by atoms with Crippen molar-refractivity contribution >= 4 is 38.7 Å². The second-order valence-electron chi connectivity index (χ2n) is 4.68. The minimum Gasteiger partial charge on any atom is -0.478 e. The van der Waals surface area contributed by atoms with Crippen LogP contribution in [0.3, 0.4) is 0 Å². The van der Waals surface area contributed by atoms with Gasteiger partial charge in [-0.05, 0) is 24.3 Å². The molecule has 0 saturated carbocycles. The number of carbonyl (C=O) groups is 1. The molecule has 0 amide bonds. The van der Waals surface area contributed by atoms with Crippen molar-refractivity contribution in [1.82, 2.24) is 9.97 Å². The molecule has 2 N–H and O–H groups in total. The second kappa shape index (κ2) is 3.92. The Bertz CT molecular complexity index is 1090. The molecule has 0 atom stereocenters. The molecule has 4 aromatic rings. The maximum Gasteiger partial charge on any atom is 0.417 e. The van der Waals surface area contributed by atoms with Crippen molar-refractivity contribution < 1.29 is 14.3 Å². The SMILES string of the molecule is O=C(O)c1cc2cccnc2c2ccc3oc(=O)[nH]c3c12. The van der Waals surface area contributed by atoms with Gasteiger partial charge in [0.05, 0.1) is 16.6 Å². The number of aromatic amines is 1. The summed E-state index contributed by atoms with van der Waals surface area (Å²) in [6.45, 7) is 0. The van der Waals surface area contributed by atoms with E-state index in [1.165, 1.54) is 0 Å². The molecule has 4 rings (SSSR count). The van der Waals surface area contributed by atoms with Gasteiger partial charge in [0.1, 0.15) is 0 Å². The van der Waals surface area contributed by atoms with Crippen LogP contribution in [0.2, 0.25) is 0 Å². The summed E-state index contributed by atoms with van der Waals surface area (Å²) in [6, 6.07) is 8.46. The summed E-state index contributed by atoms with van der Waals surface area (Å²) in [4.78, 5) is 29.8. The van der Waals surface area contributed by atoms with Crippen LogP contribution < -0.4 is 5.76 Å². The van der Waals surface area contributed by atoms with Gasteiger partial charge in [0.2, 0.25) is 0 Å². The highest BCUT2D eigenvalue weighted by Crippen LogP contribution is 2.32. The van der Waals surface area contributed by atoms with Crippen LogP contribution in [0.4, 0.5) is 0 Å². The first kappa shape index (κ1) is 11.7. The topological polar surface area (TPSA) is 96.2 Å². The van der Waals surface area contributed by atoms with Gasteiger partial charge in [-0.2, -0.15) is 0 Å². The lowest BCUT2D eigenvalue weighted by Crippen LogP contribution is -2.00. The Labute approximate surface area is 116 Å². The number of oxazole rings is 1. The average Bonchev–Trinajstić information content (AvgIpc) is 2.86. The van der Waals surface area contributed by atoms with Crippen LogP contribution >= 0.6 is 0 Å². The monoisotopic (exact) mass is 280 g/mol. The summed E-state index contributed by atoms with van der Waals surface area (Å²) >= 11 is 0. The molecule has 6 nitrogen and oxygen atoms in total. The quantitative estimate of drug-likeness (QED) is 0.522. The number of hydrogen-bond acceptors (Lipinski definition) is 4. The fraction of sp³-hybridized carbons (Fsp3) is 0. The highest BCUT2D eigenvalue weighted by Gasteiger charge is 2.17. The zero-order chi connectivity index (χ0) is 14.6. The van der Waals surface area contributed by atoms with E-state index in [0.717, 1.165) is 5.39 Å². The Morgan fingerprint density at radius 2 is 2.14 bits per heavy atom. The van der Waals surface area contributed by atoms with Gasteiger partial charge in [0.15, 0.2) is 5.58 Å². The third-order valence-electron chi connectivity index (χ3n) is 3.49. The molecule has 0 bridgehead atoms. The number of fused-ring (bicyclic) bond motifs is 5. The normalized spacial score (nSPS) is 11.4. The number of hydrogen-bond donors (Lipinski definition) is 2. The predicted molar refractivity (Wildman–Crippen MR) is 76.6 cm³/mol. The number of carboxylic acids is 1. The molecule has 0 spiro atoms. The third-order valence-corrected chi connectivity index (χ3v) is 3.49. The lowest BCUT2D eigenvalue weighted by atomic mass is 9.99. The Kier molecular flexibility index (Phi) is 2.18. The summed E-state index contributed by atoms with van der Waals surface area (Å²) < 4.78 is 5.00. The van der Waals surface area contributed by atoms with Crippen LogP contribution in [-0.2, 0) is 0 Å². The molecule has 0 aliphatic heterocycles. The number of nitrogens with one attached hydrogen (secondary N) is 1. The van der Waals surface area contributed by atoms with Crippen molar-refractivity contribution in [2.45, 2.75) is 0 Å². The van der Waals surface area contributed by atoms with E-state index in [4.69, 9.17) is 4.42 Å². The minimum absolute atomic E-state index is 0.105. The van der Waals surface area contributed by atoms with Crippen LogP contribution in [0.25, 0.3) is 32.8 Å². The first-order valence-corrected chi connectivity index (χ1v) is 6.22. The molecule has 102 valence electrons. The lowest BCUT2D eigenvalue weighted by Gasteiger charge is -2.07. The van der Waals surface area contributed by atoms with Gasteiger partial charge in [0, 0.05) is 22.4 Å². The van der Waals surface area contributed by atoms with Crippen molar-refractivity contribution in [3.63, 3.8) is 0 Å². The lowest BCUT2D eigenvalue weighted by molar-refractivity contribution is 0.0699. The standard InChI is InChI=1S/C15H8N2O4/c18-14(19)9-6-7-2-1-5-16-12(7)8-3-4-10-13(11(8)9)17-15(20)21-10/h1-6H,(H,17,20)(H,18,19). The third kappa shape index (κ3) is 1.56. The molecule has 0 fully saturated rings. The number of aromatic carboxylic acids is 1. The average molecular weight is 280 g/mol. The van der Waals surface area contributed by atoms with Gasteiger partial charge < -0.3 is 9.52 Å². The molecule has 6 heteroatoms. The van der Waals surface area contributed by atoms with Crippen molar-refractivity contribution in [3.8, 4) is 0 Å². The fourth-order valence-electron chi connectivity index (χ4n) is 2.65. The molecule has 0 saturated heterocycles. The van der Waals surface area contributed by atoms with E-state index in [-0.39, 0.29) is 5.56 Å². The summed E-state index contributed by atoms with van der Waals surface area (Å²) in [6.07, 6.45) is 1.64. The summed E-state index contributed by atoms with van der Waals surface area (Å²) in [5.74, 6) is -1.68. The van der Waals surface area contributed by atoms with Gasteiger partial charge in [-0.25, -0.2) is 9.59 Å². The molecule has 21 heavy (non-hydrogen) atoms. The summed E-state index contributed by atoms with van der Waals surface area (Å²) in [5.41, 5.74) is 1.49. The van der Waals surface area contributed by atoms with E-state index in [9.17, 15) is 14.7 Å². The largest absolute Gasteiger partial charge is 0.478 e. The highest BCUT2D eigenvalue weighted by atomic mass is 16.4. The predicted octanol–water partition coefficient (Wildman–Crippen LogP) is 2.52. The molecule has 0 aliphatic rings. The van der Waals surface area contributed by atoms with Crippen LogP contribution in [0.5, 0.6) is 0 Å². The number of nitrogens with zero attached hydrogens (tertiary/aromatic N) is 1. The van der Waals surface area contributed by atoms with Crippen molar-refractivity contribution in [2.24, 2.45) is 0 Å². The molecular formula is C15H8N2O4. The van der Waals surface area contributed by atoms with Crippen LogP contribution in [-0.4, -0.2) is 21.0 Å². The maximum atomic E-state index is 11.6. The van der Waals surface area contributed by atoms with Crippen LogP contribution in [0, 0.1) is 0 Å². The molecular weight excluding hydrogens is 272 g/mol. The van der Waals surface area contributed by atoms with E-state index in [1.807, 2.05) is 0 Å². The smallest absolute Gasteiger partial charge is 0.417 e. The number of aromatic nitrogens is 2. The van der Waals surface area contributed by atoms with E-state index in [1.54, 1.807) is 36.5 Å². The molecule has 2 aromatic carbocycles. The van der Waals surface area contributed by atoms with E-state index >= 15 is 0 Å². The van der Waals surface area contributed by atoms with Gasteiger partial charge in [-0.15, -0.1) is 0 Å². The van der Waals surface area contributed by atoms with Crippen LogP contribution in [0.1, 0.15) is 10.4 Å². The van der Waals surface area contributed by atoms with Crippen molar-refractivity contribution in [3.05, 3.63) is 52.6 Å². The number of rotatable bonds is 1. The van der Waals surface area contributed by atoms with Gasteiger partial charge >= 0.3 is 11.7 Å². The Balaban J connectivity index is 2.38. The first-order chi connectivity index (χ1) is 10.1. The highest BCUT2D eigenvalue weighted by molar-refractivity contribution is 6.21. The second-order valence-corrected chi connectivity index (χ2v) is 4.68. The first-order valence-electron chi connectivity index (χ1n) is 6.22. The molecule has 2 aromatic heterocycles. The van der Waals surface area contributed by atoms with Crippen LogP contribution in [0.15, 0.2) is 45.7 Å². The van der Waals surface area contributed by atoms with Gasteiger partial charge in [0.25, 0.3) is 0 Å². The number of H-pyrrole nitrogens is 1.